The SMILES string of the molecule is CNC(=O)C(C)NC(=O)c1cc(Cl)c(Cl)c([N+](=O)[O-])c1. The second-order valence-electron chi connectivity index (χ2n) is 3.86. The third kappa shape index (κ3) is 3.58. The predicted molar refractivity (Wildman–Crippen MR) is 74.1 cm³/mol. The maximum absolute atomic E-state index is 11.9. The second kappa shape index (κ2) is 6.53. The van der Waals surface area contributed by atoms with Crippen molar-refractivity contribution in [2.45, 2.75) is 13.0 Å². The molecule has 20 heavy (non-hydrogen) atoms. The van der Waals surface area contributed by atoms with Gasteiger partial charge in [-0.2, -0.15) is 0 Å². The fourth-order valence-corrected chi connectivity index (χ4v) is 1.79. The maximum Gasteiger partial charge on any atom is 0.290 e. The van der Waals surface area contributed by atoms with Crippen molar-refractivity contribution in [1.29, 1.82) is 0 Å². The van der Waals surface area contributed by atoms with E-state index in [4.69, 9.17) is 23.2 Å². The first-order chi connectivity index (χ1) is 9.27. The predicted octanol–water partition coefficient (Wildman–Crippen LogP) is 1.77. The number of amides is 2. The highest BCUT2D eigenvalue weighted by atomic mass is 35.5. The van der Waals surface area contributed by atoms with Crippen molar-refractivity contribution in [3.63, 3.8) is 0 Å². The number of nitro groups is 1. The number of carbonyl (C=O) groups is 2. The number of nitrogens with one attached hydrogen (secondary N) is 2. The summed E-state index contributed by atoms with van der Waals surface area (Å²) < 4.78 is 0. The summed E-state index contributed by atoms with van der Waals surface area (Å²) in [6.07, 6.45) is 0. The molecule has 1 aromatic rings. The standard InChI is InChI=1S/C11H11Cl2N3O4/c1-5(10(17)14-2)15-11(18)6-3-7(12)9(13)8(4-6)16(19)20/h3-5H,1-2H3,(H,14,17)(H,15,18). The Morgan fingerprint density at radius 1 is 1.35 bits per heavy atom. The third-order valence-corrected chi connectivity index (χ3v) is 3.25. The summed E-state index contributed by atoms with van der Waals surface area (Å²) >= 11 is 11.4. The van der Waals surface area contributed by atoms with E-state index in [-0.39, 0.29) is 15.6 Å². The van der Waals surface area contributed by atoms with Crippen LogP contribution < -0.4 is 10.6 Å². The van der Waals surface area contributed by atoms with Crippen molar-refractivity contribution in [3.05, 3.63) is 37.9 Å². The first-order valence-electron chi connectivity index (χ1n) is 5.43. The van der Waals surface area contributed by atoms with Crippen LogP contribution in [0, 0.1) is 10.1 Å². The van der Waals surface area contributed by atoms with Crippen LogP contribution >= 0.6 is 23.2 Å². The minimum atomic E-state index is -0.791. The number of halogens is 2. The van der Waals surface area contributed by atoms with E-state index >= 15 is 0 Å². The molecular weight excluding hydrogens is 309 g/mol. The molecule has 0 fully saturated rings. The lowest BCUT2D eigenvalue weighted by atomic mass is 10.1. The van der Waals surface area contributed by atoms with Gasteiger partial charge in [-0.3, -0.25) is 19.7 Å². The monoisotopic (exact) mass is 319 g/mol. The van der Waals surface area contributed by atoms with Gasteiger partial charge >= 0.3 is 0 Å². The van der Waals surface area contributed by atoms with Crippen LogP contribution in [0.3, 0.4) is 0 Å². The zero-order valence-electron chi connectivity index (χ0n) is 10.6. The molecule has 1 aromatic carbocycles. The summed E-state index contributed by atoms with van der Waals surface area (Å²) in [5.41, 5.74) is -0.529. The molecule has 0 heterocycles. The quantitative estimate of drug-likeness (QED) is 0.652. The summed E-state index contributed by atoms with van der Waals surface area (Å²) in [5.74, 6) is -1.06. The fourth-order valence-electron chi connectivity index (χ4n) is 1.40. The van der Waals surface area contributed by atoms with Crippen molar-refractivity contribution in [3.8, 4) is 0 Å². The minimum absolute atomic E-state index is 0.0538. The Hall–Kier alpha value is -1.86. The van der Waals surface area contributed by atoms with Crippen LogP contribution in [0.15, 0.2) is 12.1 Å². The average Bonchev–Trinajstić information content (AvgIpc) is 2.39. The molecule has 1 atom stereocenters. The molecule has 0 aliphatic rings. The molecule has 2 N–H and O–H groups in total. The molecule has 1 unspecified atom stereocenters. The molecule has 0 saturated carbocycles. The van der Waals surface area contributed by atoms with Crippen LogP contribution in [-0.2, 0) is 4.79 Å². The van der Waals surface area contributed by atoms with Gasteiger partial charge in [0.2, 0.25) is 5.91 Å². The van der Waals surface area contributed by atoms with Gasteiger partial charge in [0.25, 0.3) is 11.6 Å². The lowest BCUT2D eigenvalue weighted by Crippen LogP contribution is -2.43. The minimum Gasteiger partial charge on any atom is -0.357 e. The molecule has 108 valence electrons. The van der Waals surface area contributed by atoms with Crippen molar-refractivity contribution in [2.75, 3.05) is 7.05 Å². The number of nitrogens with zero attached hydrogens (tertiary/aromatic N) is 1. The van der Waals surface area contributed by atoms with Crippen molar-refractivity contribution in [1.82, 2.24) is 10.6 Å². The van der Waals surface area contributed by atoms with Gasteiger partial charge in [-0.25, -0.2) is 0 Å². The number of hydrogen-bond donors (Lipinski definition) is 2. The Kier molecular flexibility index (Phi) is 5.29. The molecule has 0 radical (unpaired) electrons. The van der Waals surface area contributed by atoms with Gasteiger partial charge in [0.15, 0.2) is 0 Å². The van der Waals surface area contributed by atoms with Crippen molar-refractivity contribution in [2.24, 2.45) is 0 Å². The average molecular weight is 320 g/mol. The van der Waals surface area contributed by atoms with Crippen LogP contribution in [0.1, 0.15) is 17.3 Å². The van der Waals surface area contributed by atoms with Crippen molar-refractivity contribution < 1.29 is 14.5 Å². The number of nitro benzene ring substituents is 1. The van der Waals surface area contributed by atoms with Crippen LogP contribution in [0.5, 0.6) is 0 Å². The molecule has 0 spiro atoms. The summed E-state index contributed by atoms with van der Waals surface area (Å²) in [6, 6.07) is 1.41. The molecule has 7 nitrogen and oxygen atoms in total. The van der Waals surface area contributed by atoms with Gasteiger partial charge < -0.3 is 10.6 Å². The molecular formula is C11H11Cl2N3O4. The van der Waals surface area contributed by atoms with Crippen LogP contribution in [0.4, 0.5) is 5.69 Å². The molecule has 0 saturated heterocycles. The normalized spacial score (nSPS) is 11.6. The number of rotatable bonds is 4. The van der Waals surface area contributed by atoms with E-state index in [9.17, 15) is 19.7 Å². The molecule has 1 rings (SSSR count). The van der Waals surface area contributed by atoms with Gasteiger partial charge in [-0.15, -0.1) is 0 Å². The van der Waals surface area contributed by atoms with E-state index in [1.807, 2.05) is 0 Å². The maximum atomic E-state index is 11.9. The number of likely N-dealkylation sites (N-methyl/N-ethyl adjacent to an activating group) is 1. The van der Waals surface area contributed by atoms with Gasteiger partial charge in [0, 0.05) is 18.7 Å². The zero-order valence-corrected chi connectivity index (χ0v) is 12.1. The van der Waals surface area contributed by atoms with Gasteiger partial charge in [0.05, 0.1) is 9.95 Å². The van der Waals surface area contributed by atoms with E-state index in [2.05, 4.69) is 10.6 Å². The Bertz CT molecular complexity index is 577. The zero-order chi connectivity index (χ0) is 15.4. The largest absolute Gasteiger partial charge is 0.357 e. The number of hydrogen-bond acceptors (Lipinski definition) is 4. The second-order valence-corrected chi connectivity index (χ2v) is 4.64. The summed E-state index contributed by atoms with van der Waals surface area (Å²) in [7, 11) is 1.43. The lowest BCUT2D eigenvalue weighted by Gasteiger charge is -2.12. The summed E-state index contributed by atoms with van der Waals surface area (Å²) in [6.45, 7) is 1.47. The van der Waals surface area contributed by atoms with E-state index < -0.39 is 28.5 Å². The number of benzene rings is 1. The molecule has 0 bridgehead atoms. The fraction of sp³-hybridized carbons (Fsp3) is 0.273. The van der Waals surface area contributed by atoms with Gasteiger partial charge in [0.1, 0.15) is 11.1 Å². The smallest absolute Gasteiger partial charge is 0.290 e. The first kappa shape index (κ1) is 16.2. The van der Waals surface area contributed by atoms with Crippen LogP contribution in [0.2, 0.25) is 10.0 Å². The van der Waals surface area contributed by atoms with E-state index in [1.54, 1.807) is 0 Å². The molecule has 2 amide bonds. The highest BCUT2D eigenvalue weighted by Gasteiger charge is 2.22. The van der Waals surface area contributed by atoms with E-state index in [0.29, 0.717) is 0 Å². The first-order valence-corrected chi connectivity index (χ1v) is 6.19. The van der Waals surface area contributed by atoms with Gasteiger partial charge in [-0.05, 0) is 13.0 Å². The Balaban J connectivity index is 3.05. The summed E-state index contributed by atoms with van der Waals surface area (Å²) in [5, 5.41) is 15.2. The third-order valence-electron chi connectivity index (χ3n) is 2.46. The Morgan fingerprint density at radius 2 is 1.95 bits per heavy atom. The number of carbonyl (C=O) groups excluding carboxylic acids is 2. The lowest BCUT2D eigenvalue weighted by molar-refractivity contribution is -0.384. The van der Waals surface area contributed by atoms with E-state index in [1.165, 1.54) is 20.0 Å². The van der Waals surface area contributed by atoms with E-state index in [0.717, 1.165) is 6.07 Å². The highest BCUT2D eigenvalue weighted by molar-refractivity contribution is 6.43. The molecule has 0 aromatic heterocycles. The van der Waals surface area contributed by atoms with Gasteiger partial charge in [-0.1, -0.05) is 23.2 Å². The van der Waals surface area contributed by atoms with Crippen LogP contribution in [-0.4, -0.2) is 29.8 Å². The highest BCUT2D eigenvalue weighted by Crippen LogP contribution is 2.33. The Labute approximate surface area is 124 Å². The van der Waals surface area contributed by atoms with Crippen LogP contribution in [0.25, 0.3) is 0 Å². The van der Waals surface area contributed by atoms with Crippen molar-refractivity contribution >= 4 is 40.7 Å². The Morgan fingerprint density at radius 3 is 2.45 bits per heavy atom. The molecule has 0 aliphatic carbocycles. The molecule has 9 heteroatoms. The molecule has 0 aliphatic heterocycles. The summed E-state index contributed by atoms with van der Waals surface area (Å²) in [4.78, 5) is 33.2. The topological polar surface area (TPSA) is 101 Å².